The van der Waals surface area contributed by atoms with Crippen LogP contribution in [-0.2, 0) is 69.1 Å². The monoisotopic (exact) mass is 1100 g/mol. The average Bonchev–Trinajstić information content (AvgIpc) is 3.25. The molecule has 5 aromatic rings. The highest BCUT2D eigenvalue weighted by Crippen LogP contribution is 2.47. The number of ether oxygens (including phenoxy) is 2. The Kier molecular flexibility index (Phi) is 16.7. The predicted molar refractivity (Wildman–Crippen MR) is 243 cm³/mol. The summed E-state index contributed by atoms with van der Waals surface area (Å²) in [5.74, 6) is -5.27. The molecule has 0 spiro atoms. The smallest absolute Gasteiger partial charge is 0.397 e. The van der Waals surface area contributed by atoms with Crippen LogP contribution in [0.25, 0.3) is 10.8 Å². The van der Waals surface area contributed by atoms with Crippen molar-refractivity contribution in [1.29, 1.82) is 0 Å². The molecule has 0 heterocycles. The average molecular weight is 1100 g/mol. The van der Waals surface area contributed by atoms with Crippen LogP contribution in [0.5, 0.6) is 17.2 Å². The van der Waals surface area contributed by atoms with Crippen molar-refractivity contribution in [3.63, 3.8) is 0 Å². The number of nitrogens with zero attached hydrogens (tertiary/aromatic N) is 4. The second-order valence-corrected chi connectivity index (χ2v) is 23.0. The Morgan fingerprint density at radius 1 is 0.600 bits per heavy atom. The summed E-state index contributed by atoms with van der Waals surface area (Å²) in [6, 6.07) is 14.8. The van der Waals surface area contributed by atoms with Crippen LogP contribution in [0, 0.1) is 0 Å². The zero-order valence-corrected chi connectivity index (χ0v) is 40.4. The zero-order valence-electron chi connectivity index (χ0n) is 35.5. The van der Waals surface area contributed by atoms with E-state index >= 15 is 0 Å². The van der Waals surface area contributed by atoms with Crippen LogP contribution in [0.1, 0.15) is 10.4 Å². The summed E-state index contributed by atoms with van der Waals surface area (Å²) in [5, 5.41) is 31.7. The molecule has 34 heteroatoms. The van der Waals surface area contributed by atoms with Gasteiger partial charge in [-0.25, -0.2) is 25.2 Å². The molecule has 0 radical (unpaired) electrons. The van der Waals surface area contributed by atoms with Gasteiger partial charge in [0.1, 0.15) is 44.2 Å². The normalized spacial score (nSPS) is 12.9. The number of sulfone groups is 2. The lowest BCUT2D eigenvalue weighted by Crippen LogP contribution is -2.16. The van der Waals surface area contributed by atoms with E-state index in [1.165, 1.54) is 36.4 Å². The standard InChI is InChI=1S/C36H36N6O22S6/c1-61-29-19-31(66(47,48)16-14-64-70(58,59)60)30(62-2)18-28(29)40-42-34-32(68(52,53)54)17-26-25(35(34)43)11-12-27(37-20-67(49,50)51)33(26)41-39-23-5-3-21(4-6-23)36(44)38-22-7-9-24(10-8-22)65(45,46)15-13-63-69(55,56)57/h3-12,17-19,37,43H,13-16,20H2,1-2H3,(H,38,44)(H,49,50,51)(H,52,53,54)(H,55,56,57)(H,58,59,60)/b41-39+,42-40+. The molecule has 0 saturated carbocycles. The SMILES string of the molecule is COc1cc(S(=O)(=O)CCOS(=O)(=O)O)c(OC)cc1/N=N/c1c(S(=O)(=O)O)cc2c(/N=N/c3ccc(C(=O)Nc4ccc(S(=O)(=O)CCOS(=O)(=O)O)cc4)cc3)c(NCS(=O)(=O)O)ccc2c1O. The van der Waals surface area contributed by atoms with E-state index in [2.05, 4.69) is 39.5 Å². The van der Waals surface area contributed by atoms with E-state index in [1.54, 1.807) is 0 Å². The molecule has 7 N–H and O–H groups in total. The number of anilines is 2. The van der Waals surface area contributed by atoms with Gasteiger partial charge in [0, 0.05) is 34.2 Å². The third-order valence-corrected chi connectivity index (χ3v) is 14.7. The zero-order chi connectivity index (χ0) is 52.0. The number of hydrogen-bond acceptors (Lipinski definition) is 23. The van der Waals surface area contributed by atoms with Gasteiger partial charge >= 0.3 is 20.8 Å². The number of aromatic hydroxyl groups is 1. The van der Waals surface area contributed by atoms with E-state index in [9.17, 15) is 69.5 Å². The molecule has 28 nitrogen and oxygen atoms in total. The molecule has 0 fully saturated rings. The molecular weight excluding hydrogens is 1060 g/mol. The van der Waals surface area contributed by atoms with Crippen molar-refractivity contribution in [2.24, 2.45) is 20.5 Å². The summed E-state index contributed by atoms with van der Waals surface area (Å²) in [7, 11) is -26.2. The van der Waals surface area contributed by atoms with Crippen LogP contribution in [0.15, 0.2) is 114 Å². The molecule has 0 aliphatic heterocycles. The minimum atomic E-state index is -5.36. The number of amides is 1. The van der Waals surface area contributed by atoms with Crippen LogP contribution in [0.4, 0.5) is 34.1 Å². The third kappa shape index (κ3) is 14.6. The molecule has 378 valence electrons. The molecule has 0 bridgehead atoms. The minimum Gasteiger partial charge on any atom is -0.505 e. The first kappa shape index (κ1) is 54.6. The summed E-state index contributed by atoms with van der Waals surface area (Å²) in [5.41, 5.74) is -1.62. The molecule has 0 atom stereocenters. The number of methoxy groups -OCH3 is 2. The fourth-order valence-electron chi connectivity index (χ4n) is 5.86. The minimum absolute atomic E-state index is 0.0288. The van der Waals surface area contributed by atoms with Crippen molar-refractivity contribution in [3.05, 3.63) is 84.4 Å². The van der Waals surface area contributed by atoms with Gasteiger partial charge in [0.15, 0.2) is 25.4 Å². The van der Waals surface area contributed by atoms with Gasteiger partial charge < -0.3 is 25.2 Å². The van der Waals surface area contributed by atoms with Crippen LogP contribution in [0.3, 0.4) is 0 Å². The summed E-state index contributed by atoms with van der Waals surface area (Å²) in [6.45, 7) is -1.84. The first-order chi connectivity index (χ1) is 32.4. The molecule has 70 heavy (non-hydrogen) atoms. The summed E-state index contributed by atoms with van der Waals surface area (Å²) < 4.78 is 199. The number of azo groups is 2. The largest absolute Gasteiger partial charge is 0.505 e. The van der Waals surface area contributed by atoms with E-state index < -0.39 is 124 Å². The Balaban J connectivity index is 1.49. The highest BCUT2D eigenvalue weighted by atomic mass is 32.3. The van der Waals surface area contributed by atoms with Crippen LogP contribution in [-0.4, -0.2) is 125 Å². The van der Waals surface area contributed by atoms with Crippen molar-refractivity contribution in [1.82, 2.24) is 0 Å². The lowest BCUT2D eigenvalue weighted by molar-refractivity contribution is 0.102. The Hall–Kier alpha value is -6.31. The first-order valence-electron chi connectivity index (χ1n) is 18.7. The summed E-state index contributed by atoms with van der Waals surface area (Å²) in [6.07, 6.45) is 0. The number of benzene rings is 5. The molecule has 0 saturated heterocycles. The van der Waals surface area contributed by atoms with Crippen molar-refractivity contribution in [2.45, 2.75) is 14.7 Å². The Labute approximate surface area is 398 Å². The lowest BCUT2D eigenvalue weighted by atomic mass is 10.1. The van der Waals surface area contributed by atoms with E-state index in [1.807, 2.05) is 0 Å². The highest BCUT2D eigenvalue weighted by Gasteiger charge is 2.27. The van der Waals surface area contributed by atoms with Gasteiger partial charge in [-0.3, -0.25) is 23.0 Å². The number of carbonyl (C=O) groups is 1. The molecule has 0 unspecified atom stereocenters. The maximum Gasteiger partial charge on any atom is 0.397 e. The van der Waals surface area contributed by atoms with E-state index in [0.29, 0.717) is 0 Å². The van der Waals surface area contributed by atoms with E-state index in [4.69, 9.17) is 18.6 Å². The van der Waals surface area contributed by atoms with Crippen LogP contribution in [0.2, 0.25) is 0 Å². The van der Waals surface area contributed by atoms with Crippen LogP contribution >= 0.6 is 0 Å². The molecule has 0 aromatic heterocycles. The fraction of sp³-hybridized carbons (Fsp3) is 0.194. The number of phenolic OH excluding ortho intramolecular Hbond substituents is 1. The Morgan fingerprint density at radius 3 is 1.71 bits per heavy atom. The number of phenols is 1. The first-order valence-corrected chi connectivity index (χ1v) is 27.8. The summed E-state index contributed by atoms with van der Waals surface area (Å²) in [4.78, 5) is 11.1. The molecule has 5 aromatic carbocycles. The number of rotatable bonds is 22. The number of nitrogens with one attached hydrogen (secondary N) is 2. The van der Waals surface area contributed by atoms with Gasteiger partial charge in [-0.15, -0.1) is 15.3 Å². The van der Waals surface area contributed by atoms with Gasteiger partial charge in [0.2, 0.25) is 0 Å². The molecule has 1 amide bonds. The van der Waals surface area contributed by atoms with Gasteiger partial charge in [0.25, 0.3) is 26.1 Å². The Bertz CT molecular complexity index is 3590. The molecule has 0 aliphatic rings. The predicted octanol–water partition coefficient (Wildman–Crippen LogP) is 4.34. The maximum atomic E-state index is 13.0. The topological polar surface area (TPSA) is 433 Å². The van der Waals surface area contributed by atoms with E-state index in [0.717, 1.165) is 56.7 Å². The molecular formula is C36H36N6O22S6. The molecule has 5 rings (SSSR count). The van der Waals surface area contributed by atoms with Crippen molar-refractivity contribution < 1.29 is 96.5 Å². The fourth-order valence-corrected chi connectivity index (χ4v) is 9.99. The Morgan fingerprint density at radius 2 is 1.17 bits per heavy atom. The second-order valence-electron chi connectivity index (χ2n) is 13.7. The van der Waals surface area contributed by atoms with Crippen molar-refractivity contribution in [2.75, 3.05) is 55.4 Å². The molecule has 0 aliphatic carbocycles. The third-order valence-electron chi connectivity index (χ3n) is 9.02. The van der Waals surface area contributed by atoms with Gasteiger partial charge in [0.05, 0.1) is 55.2 Å². The van der Waals surface area contributed by atoms with Gasteiger partial charge in [-0.2, -0.15) is 38.8 Å². The number of fused-ring (bicyclic) bond motifs is 1. The lowest BCUT2D eigenvalue weighted by Gasteiger charge is -2.14. The van der Waals surface area contributed by atoms with Gasteiger partial charge in [-0.1, -0.05) is 0 Å². The second kappa shape index (κ2) is 21.4. The highest BCUT2D eigenvalue weighted by molar-refractivity contribution is 7.92. The van der Waals surface area contributed by atoms with Gasteiger partial charge in [-0.05, 0) is 66.7 Å². The van der Waals surface area contributed by atoms with Crippen LogP contribution < -0.4 is 20.1 Å². The van der Waals surface area contributed by atoms with E-state index in [-0.39, 0.29) is 55.4 Å². The van der Waals surface area contributed by atoms with Crippen molar-refractivity contribution >= 4 is 112 Å². The quantitative estimate of drug-likeness (QED) is 0.0374. The number of hydrogen-bond donors (Lipinski definition) is 7. The maximum absolute atomic E-state index is 13.0. The summed E-state index contributed by atoms with van der Waals surface area (Å²) >= 11 is 0. The van der Waals surface area contributed by atoms with Crippen molar-refractivity contribution in [3.8, 4) is 17.2 Å². The number of carbonyl (C=O) groups excluding carboxylic acids is 1.